The molecule has 0 aliphatic heterocycles. The second-order valence-electron chi connectivity index (χ2n) is 4.82. The van der Waals surface area contributed by atoms with Crippen molar-refractivity contribution in [3.05, 3.63) is 29.8 Å². The maximum absolute atomic E-state index is 11.8. The molecular formula is C13H17NO3. The Kier molecular flexibility index (Phi) is 3.89. The third-order valence-corrected chi connectivity index (χ3v) is 1.87. The Morgan fingerprint density at radius 2 is 1.65 bits per heavy atom. The predicted molar refractivity (Wildman–Crippen MR) is 65.0 cm³/mol. The number of esters is 1. The summed E-state index contributed by atoms with van der Waals surface area (Å²) < 4.78 is 4.88. The summed E-state index contributed by atoms with van der Waals surface area (Å²) in [6, 6.07) is 6.44. The van der Waals surface area contributed by atoms with Crippen LogP contribution in [0, 0.1) is 0 Å². The van der Waals surface area contributed by atoms with Gasteiger partial charge in [-0.3, -0.25) is 9.59 Å². The van der Waals surface area contributed by atoms with Crippen molar-refractivity contribution in [3.63, 3.8) is 0 Å². The number of nitrogens with one attached hydrogen (secondary N) is 1. The van der Waals surface area contributed by atoms with Gasteiger partial charge in [-0.1, -0.05) is 0 Å². The van der Waals surface area contributed by atoms with Crippen LogP contribution in [-0.4, -0.2) is 17.4 Å². The molecule has 0 atom stereocenters. The van der Waals surface area contributed by atoms with Crippen molar-refractivity contribution in [1.29, 1.82) is 0 Å². The van der Waals surface area contributed by atoms with Gasteiger partial charge in [-0.2, -0.15) is 0 Å². The molecule has 0 saturated carbocycles. The molecule has 0 aromatic heterocycles. The van der Waals surface area contributed by atoms with E-state index in [1.165, 1.54) is 6.92 Å². The number of carbonyl (C=O) groups excluding carboxylic acids is 2. The molecule has 0 spiro atoms. The highest BCUT2D eigenvalue weighted by Crippen LogP contribution is 2.13. The van der Waals surface area contributed by atoms with Crippen molar-refractivity contribution >= 4 is 11.9 Å². The van der Waals surface area contributed by atoms with Crippen LogP contribution in [0.5, 0.6) is 5.75 Å². The van der Waals surface area contributed by atoms with E-state index in [0.29, 0.717) is 11.3 Å². The molecule has 4 nitrogen and oxygen atoms in total. The van der Waals surface area contributed by atoms with Crippen LogP contribution in [0.15, 0.2) is 24.3 Å². The molecule has 0 bridgehead atoms. The first-order chi connectivity index (χ1) is 7.78. The van der Waals surface area contributed by atoms with Gasteiger partial charge in [-0.05, 0) is 45.0 Å². The predicted octanol–water partition coefficient (Wildman–Crippen LogP) is 2.14. The zero-order chi connectivity index (χ0) is 13.1. The van der Waals surface area contributed by atoms with Gasteiger partial charge in [0.05, 0.1) is 0 Å². The second-order valence-corrected chi connectivity index (χ2v) is 4.82. The normalized spacial score (nSPS) is 10.8. The molecule has 1 aromatic carbocycles. The monoisotopic (exact) mass is 235 g/mol. The summed E-state index contributed by atoms with van der Waals surface area (Å²) in [6.45, 7) is 7.08. The van der Waals surface area contributed by atoms with Crippen LogP contribution in [0.1, 0.15) is 38.1 Å². The van der Waals surface area contributed by atoms with Gasteiger partial charge in [0.25, 0.3) is 5.91 Å². The van der Waals surface area contributed by atoms with Crippen molar-refractivity contribution < 1.29 is 14.3 Å². The minimum absolute atomic E-state index is 0.146. The topological polar surface area (TPSA) is 55.4 Å². The first-order valence-corrected chi connectivity index (χ1v) is 5.39. The number of benzene rings is 1. The molecule has 0 radical (unpaired) electrons. The largest absolute Gasteiger partial charge is 0.427 e. The Morgan fingerprint density at radius 3 is 2.06 bits per heavy atom. The van der Waals surface area contributed by atoms with Crippen LogP contribution in [0.3, 0.4) is 0 Å². The zero-order valence-corrected chi connectivity index (χ0v) is 10.5. The van der Waals surface area contributed by atoms with Crippen LogP contribution >= 0.6 is 0 Å². The van der Waals surface area contributed by atoms with E-state index >= 15 is 0 Å². The van der Waals surface area contributed by atoms with Gasteiger partial charge in [0, 0.05) is 18.0 Å². The minimum atomic E-state index is -0.378. The van der Waals surface area contributed by atoms with E-state index in [9.17, 15) is 9.59 Å². The molecule has 0 aliphatic carbocycles. The molecule has 4 heteroatoms. The summed E-state index contributed by atoms with van der Waals surface area (Å²) in [4.78, 5) is 22.5. The van der Waals surface area contributed by atoms with Crippen molar-refractivity contribution in [2.24, 2.45) is 0 Å². The summed E-state index contributed by atoms with van der Waals surface area (Å²) in [5, 5.41) is 2.85. The Labute approximate surface area is 101 Å². The van der Waals surface area contributed by atoms with Gasteiger partial charge in [0.2, 0.25) is 0 Å². The Bertz CT molecular complexity index is 415. The third-order valence-electron chi connectivity index (χ3n) is 1.87. The lowest BCUT2D eigenvalue weighted by Gasteiger charge is -2.20. The molecule has 0 aliphatic rings. The maximum atomic E-state index is 11.8. The fourth-order valence-corrected chi connectivity index (χ4v) is 1.25. The highest BCUT2D eigenvalue weighted by molar-refractivity contribution is 5.94. The minimum Gasteiger partial charge on any atom is -0.427 e. The first-order valence-electron chi connectivity index (χ1n) is 5.39. The average molecular weight is 235 g/mol. The van der Waals surface area contributed by atoms with Gasteiger partial charge in [-0.15, -0.1) is 0 Å². The Hall–Kier alpha value is -1.84. The van der Waals surface area contributed by atoms with Crippen LogP contribution in [0.2, 0.25) is 0 Å². The highest BCUT2D eigenvalue weighted by Gasteiger charge is 2.15. The van der Waals surface area contributed by atoms with E-state index in [1.807, 2.05) is 20.8 Å². The summed E-state index contributed by atoms with van der Waals surface area (Å²) in [6.07, 6.45) is 0. The quantitative estimate of drug-likeness (QED) is 0.631. The summed E-state index contributed by atoms with van der Waals surface area (Å²) >= 11 is 0. The van der Waals surface area contributed by atoms with Gasteiger partial charge in [-0.25, -0.2) is 0 Å². The number of hydrogen-bond acceptors (Lipinski definition) is 3. The van der Waals surface area contributed by atoms with Crippen LogP contribution in [-0.2, 0) is 4.79 Å². The molecule has 1 rings (SSSR count). The Morgan fingerprint density at radius 1 is 1.12 bits per heavy atom. The molecule has 1 aromatic rings. The summed E-state index contributed by atoms with van der Waals surface area (Å²) in [7, 11) is 0. The van der Waals surface area contributed by atoms with Crippen molar-refractivity contribution in [3.8, 4) is 5.75 Å². The fourth-order valence-electron chi connectivity index (χ4n) is 1.25. The number of rotatable bonds is 2. The van der Waals surface area contributed by atoms with E-state index in [1.54, 1.807) is 24.3 Å². The van der Waals surface area contributed by atoms with Crippen LogP contribution in [0.4, 0.5) is 0 Å². The third kappa shape index (κ3) is 4.68. The molecule has 92 valence electrons. The lowest BCUT2D eigenvalue weighted by Crippen LogP contribution is -2.40. The van der Waals surface area contributed by atoms with Gasteiger partial charge in [0.1, 0.15) is 5.75 Å². The summed E-state index contributed by atoms with van der Waals surface area (Å²) in [5.74, 6) is -0.0893. The van der Waals surface area contributed by atoms with E-state index in [-0.39, 0.29) is 17.4 Å². The average Bonchev–Trinajstić information content (AvgIpc) is 2.15. The molecule has 0 saturated heterocycles. The van der Waals surface area contributed by atoms with Gasteiger partial charge >= 0.3 is 5.97 Å². The highest BCUT2D eigenvalue weighted by atomic mass is 16.5. The van der Waals surface area contributed by atoms with E-state index in [4.69, 9.17) is 4.74 Å². The van der Waals surface area contributed by atoms with Crippen LogP contribution in [0.25, 0.3) is 0 Å². The molecule has 0 fully saturated rings. The lowest BCUT2D eigenvalue weighted by molar-refractivity contribution is -0.131. The number of amides is 1. The number of ether oxygens (including phenoxy) is 1. The molecule has 1 N–H and O–H groups in total. The summed E-state index contributed by atoms with van der Waals surface area (Å²) in [5.41, 5.74) is 0.266. The second kappa shape index (κ2) is 4.99. The van der Waals surface area contributed by atoms with Crippen molar-refractivity contribution in [2.75, 3.05) is 0 Å². The standard InChI is InChI=1S/C13H17NO3/c1-9(15)17-11-7-5-10(6-8-11)12(16)14-13(2,3)4/h5-8H,1-4H3,(H,14,16). The van der Waals surface area contributed by atoms with E-state index in [2.05, 4.69) is 5.32 Å². The van der Waals surface area contributed by atoms with Crippen molar-refractivity contribution in [1.82, 2.24) is 5.32 Å². The molecule has 0 heterocycles. The molecular weight excluding hydrogens is 218 g/mol. The SMILES string of the molecule is CC(=O)Oc1ccc(C(=O)NC(C)(C)C)cc1. The van der Waals surface area contributed by atoms with Gasteiger partial charge < -0.3 is 10.1 Å². The molecule has 1 amide bonds. The van der Waals surface area contributed by atoms with Gasteiger partial charge in [0.15, 0.2) is 0 Å². The van der Waals surface area contributed by atoms with E-state index < -0.39 is 0 Å². The maximum Gasteiger partial charge on any atom is 0.308 e. The van der Waals surface area contributed by atoms with Crippen molar-refractivity contribution in [2.45, 2.75) is 33.2 Å². The van der Waals surface area contributed by atoms with E-state index in [0.717, 1.165) is 0 Å². The smallest absolute Gasteiger partial charge is 0.308 e. The molecule has 17 heavy (non-hydrogen) atoms. The Balaban J connectivity index is 2.74. The number of hydrogen-bond donors (Lipinski definition) is 1. The fraction of sp³-hybridized carbons (Fsp3) is 0.385. The van der Waals surface area contributed by atoms with Crippen LogP contribution < -0.4 is 10.1 Å². The molecule has 0 unspecified atom stereocenters. The lowest BCUT2D eigenvalue weighted by atomic mass is 10.1. The zero-order valence-electron chi connectivity index (χ0n) is 10.5. The number of carbonyl (C=O) groups is 2. The first kappa shape index (κ1) is 13.2.